The standard InChI is InChI=1S/C11H23O8P/c1-7-9(17-6-4-5-12)11(16-3)10(18-7)8(2)19-20(13,14)15/h7-12H,4-6H2,1-3H3,(H2,13,14,15)/t7-,8-,9-,10+,11-/m0/s1. The number of hydrogen-bond acceptors (Lipinski definition) is 6. The summed E-state index contributed by atoms with van der Waals surface area (Å²) in [4.78, 5) is 17.7. The van der Waals surface area contributed by atoms with E-state index in [2.05, 4.69) is 4.52 Å². The predicted octanol–water partition coefficient (Wildman–Crippen LogP) is 0.0541. The highest BCUT2D eigenvalue weighted by atomic mass is 31.2. The van der Waals surface area contributed by atoms with Crippen LogP contribution in [0.2, 0.25) is 0 Å². The van der Waals surface area contributed by atoms with Gasteiger partial charge in [0, 0.05) is 20.3 Å². The first kappa shape index (κ1) is 18.0. The largest absolute Gasteiger partial charge is 0.469 e. The molecule has 1 rings (SSSR count). The van der Waals surface area contributed by atoms with Crippen LogP contribution >= 0.6 is 7.82 Å². The van der Waals surface area contributed by atoms with E-state index in [0.29, 0.717) is 13.0 Å². The van der Waals surface area contributed by atoms with Crippen molar-refractivity contribution in [2.24, 2.45) is 0 Å². The third-order valence-corrected chi connectivity index (χ3v) is 3.74. The Balaban J connectivity index is 2.66. The van der Waals surface area contributed by atoms with Crippen molar-refractivity contribution in [3.63, 3.8) is 0 Å². The molecule has 0 spiro atoms. The van der Waals surface area contributed by atoms with E-state index in [1.165, 1.54) is 14.0 Å². The van der Waals surface area contributed by atoms with Crippen LogP contribution in [0.25, 0.3) is 0 Å². The number of ether oxygens (including phenoxy) is 3. The Labute approximate surface area is 118 Å². The third kappa shape index (κ3) is 5.05. The minimum Gasteiger partial charge on any atom is -0.396 e. The zero-order valence-corrected chi connectivity index (χ0v) is 12.7. The van der Waals surface area contributed by atoms with Crippen LogP contribution in [0.4, 0.5) is 0 Å². The normalized spacial score (nSPS) is 32.5. The maximum atomic E-state index is 10.9. The quantitative estimate of drug-likeness (QED) is 0.425. The van der Waals surface area contributed by atoms with Gasteiger partial charge in [0.1, 0.15) is 18.3 Å². The highest BCUT2D eigenvalue weighted by Gasteiger charge is 2.47. The first-order chi connectivity index (χ1) is 9.30. The first-order valence-corrected chi connectivity index (χ1v) is 7.98. The van der Waals surface area contributed by atoms with Gasteiger partial charge in [0.25, 0.3) is 0 Å². The lowest BCUT2D eigenvalue weighted by Crippen LogP contribution is -2.41. The van der Waals surface area contributed by atoms with E-state index in [0.717, 1.165) is 0 Å². The predicted molar refractivity (Wildman–Crippen MR) is 69.2 cm³/mol. The fraction of sp³-hybridized carbons (Fsp3) is 1.00. The molecule has 1 aliphatic rings. The topological polar surface area (TPSA) is 115 Å². The molecule has 0 aromatic rings. The van der Waals surface area contributed by atoms with Gasteiger partial charge < -0.3 is 29.1 Å². The van der Waals surface area contributed by atoms with Gasteiger partial charge in [-0.15, -0.1) is 0 Å². The summed E-state index contributed by atoms with van der Waals surface area (Å²) in [5.74, 6) is 0. The summed E-state index contributed by atoms with van der Waals surface area (Å²) in [6.07, 6.45) is -2.15. The second-order valence-electron chi connectivity index (χ2n) is 4.72. The van der Waals surface area contributed by atoms with E-state index < -0.39 is 26.1 Å². The summed E-state index contributed by atoms with van der Waals surface area (Å²) >= 11 is 0. The van der Waals surface area contributed by atoms with E-state index >= 15 is 0 Å². The average molecular weight is 314 g/mol. The molecule has 8 nitrogen and oxygen atoms in total. The van der Waals surface area contributed by atoms with E-state index in [9.17, 15) is 4.57 Å². The van der Waals surface area contributed by atoms with Gasteiger partial charge in [0.2, 0.25) is 0 Å². The minimum absolute atomic E-state index is 0.0285. The van der Waals surface area contributed by atoms with Crippen LogP contribution in [0.3, 0.4) is 0 Å². The van der Waals surface area contributed by atoms with Crippen molar-refractivity contribution in [3.8, 4) is 0 Å². The Morgan fingerprint density at radius 2 is 2.00 bits per heavy atom. The van der Waals surface area contributed by atoms with Crippen LogP contribution in [-0.4, -0.2) is 65.7 Å². The van der Waals surface area contributed by atoms with Crippen molar-refractivity contribution in [1.29, 1.82) is 0 Å². The second kappa shape index (κ2) is 7.82. The fourth-order valence-corrected chi connectivity index (χ4v) is 2.85. The molecule has 0 aromatic heterocycles. The molecule has 0 amide bonds. The highest BCUT2D eigenvalue weighted by molar-refractivity contribution is 7.46. The number of aliphatic hydroxyl groups is 1. The highest BCUT2D eigenvalue weighted by Crippen LogP contribution is 2.40. The number of methoxy groups -OCH3 is 1. The van der Waals surface area contributed by atoms with Gasteiger partial charge in [-0.25, -0.2) is 4.57 Å². The molecule has 1 aliphatic heterocycles. The van der Waals surface area contributed by atoms with Crippen LogP contribution in [0.5, 0.6) is 0 Å². The zero-order valence-electron chi connectivity index (χ0n) is 11.8. The van der Waals surface area contributed by atoms with Gasteiger partial charge in [-0.05, 0) is 20.3 Å². The van der Waals surface area contributed by atoms with Gasteiger partial charge in [-0.2, -0.15) is 0 Å². The lowest BCUT2D eigenvalue weighted by molar-refractivity contribution is -0.0703. The zero-order chi connectivity index (χ0) is 15.3. The van der Waals surface area contributed by atoms with Crippen molar-refractivity contribution >= 4 is 7.82 Å². The molecule has 120 valence electrons. The smallest absolute Gasteiger partial charge is 0.396 e. The molecule has 9 heteroatoms. The van der Waals surface area contributed by atoms with Gasteiger partial charge >= 0.3 is 7.82 Å². The molecule has 20 heavy (non-hydrogen) atoms. The van der Waals surface area contributed by atoms with Gasteiger partial charge in [0.05, 0.1) is 12.2 Å². The molecule has 0 saturated carbocycles. The SMILES string of the molecule is CO[C@H]1[C@@H](OCCCO)[C@H](C)O[C@@H]1[C@H](C)OP(=O)(O)O. The van der Waals surface area contributed by atoms with E-state index in [-0.39, 0.29) is 18.8 Å². The van der Waals surface area contributed by atoms with Gasteiger partial charge in [-0.1, -0.05) is 0 Å². The average Bonchev–Trinajstić information content (AvgIpc) is 2.64. The summed E-state index contributed by atoms with van der Waals surface area (Å²) < 4.78 is 32.1. The molecule has 0 aromatic carbocycles. The summed E-state index contributed by atoms with van der Waals surface area (Å²) in [6.45, 7) is 3.69. The van der Waals surface area contributed by atoms with Crippen LogP contribution in [0.1, 0.15) is 20.3 Å². The molecule has 1 saturated heterocycles. The number of phosphoric acid groups is 1. The van der Waals surface area contributed by atoms with Crippen molar-refractivity contribution < 1.29 is 38.2 Å². The third-order valence-electron chi connectivity index (χ3n) is 3.13. The second-order valence-corrected chi connectivity index (χ2v) is 5.91. The summed E-state index contributed by atoms with van der Waals surface area (Å²) in [5.41, 5.74) is 0. The monoisotopic (exact) mass is 314 g/mol. The van der Waals surface area contributed by atoms with Crippen LogP contribution < -0.4 is 0 Å². The van der Waals surface area contributed by atoms with E-state index in [4.69, 9.17) is 29.1 Å². The number of phosphoric ester groups is 1. The molecule has 1 fully saturated rings. The Bertz CT molecular complexity index is 332. The van der Waals surface area contributed by atoms with Crippen molar-refractivity contribution in [1.82, 2.24) is 0 Å². The van der Waals surface area contributed by atoms with Crippen molar-refractivity contribution in [2.45, 2.75) is 50.8 Å². The van der Waals surface area contributed by atoms with E-state index in [1.54, 1.807) is 6.92 Å². The Kier molecular flexibility index (Phi) is 7.03. The molecule has 0 unspecified atom stereocenters. The first-order valence-electron chi connectivity index (χ1n) is 6.44. The van der Waals surface area contributed by atoms with Gasteiger partial charge in [-0.3, -0.25) is 4.52 Å². The van der Waals surface area contributed by atoms with Crippen LogP contribution in [0.15, 0.2) is 0 Å². The Morgan fingerprint density at radius 3 is 2.50 bits per heavy atom. The molecule has 3 N–H and O–H groups in total. The molecular formula is C11H23O8P. The Morgan fingerprint density at radius 1 is 1.35 bits per heavy atom. The number of hydrogen-bond donors (Lipinski definition) is 3. The van der Waals surface area contributed by atoms with Crippen LogP contribution in [0, 0.1) is 0 Å². The summed E-state index contributed by atoms with van der Waals surface area (Å²) in [5, 5.41) is 8.75. The lowest BCUT2D eigenvalue weighted by atomic mass is 10.0. The molecule has 5 atom stereocenters. The summed E-state index contributed by atoms with van der Waals surface area (Å²) in [6, 6.07) is 0. The number of aliphatic hydroxyl groups excluding tert-OH is 1. The molecule has 0 aliphatic carbocycles. The maximum Gasteiger partial charge on any atom is 0.469 e. The fourth-order valence-electron chi connectivity index (χ4n) is 2.29. The lowest BCUT2D eigenvalue weighted by Gasteiger charge is -2.26. The van der Waals surface area contributed by atoms with Crippen LogP contribution in [-0.2, 0) is 23.3 Å². The van der Waals surface area contributed by atoms with Gasteiger partial charge in [0.15, 0.2) is 0 Å². The molecule has 0 bridgehead atoms. The minimum atomic E-state index is -4.59. The number of rotatable bonds is 8. The maximum absolute atomic E-state index is 10.9. The van der Waals surface area contributed by atoms with Crippen molar-refractivity contribution in [2.75, 3.05) is 20.3 Å². The molecule has 0 radical (unpaired) electrons. The summed E-state index contributed by atoms with van der Waals surface area (Å²) in [7, 11) is -3.11. The molecular weight excluding hydrogens is 291 g/mol. The van der Waals surface area contributed by atoms with Crippen molar-refractivity contribution in [3.05, 3.63) is 0 Å². The molecule has 1 heterocycles. The Hall–Kier alpha value is -0.0500. The van der Waals surface area contributed by atoms with E-state index in [1.807, 2.05) is 0 Å².